The van der Waals surface area contributed by atoms with Crippen LogP contribution in [0.2, 0.25) is 0 Å². The summed E-state index contributed by atoms with van der Waals surface area (Å²) in [5.41, 5.74) is 1.15. The van der Waals surface area contributed by atoms with Gasteiger partial charge in [0.1, 0.15) is 11.6 Å². The minimum atomic E-state index is -3.11. The Morgan fingerprint density at radius 1 is 1.24 bits per heavy atom. The van der Waals surface area contributed by atoms with Crippen LogP contribution in [0.25, 0.3) is 0 Å². The fourth-order valence-electron chi connectivity index (χ4n) is 2.64. The van der Waals surface area contributed by atoms with Crippen LogP contribution in [0.5, 0.6) is 0 Å². The first-order valence-corrected chi connectivity index (χ1v) is 9.29. The summed E-state index contributed by atoms with van der Waals surface area (Å²) >= 11 is 0. The number of aromatic nitrogens is 2. The number of anilines is 1. The van der Waals surface area contributed by atoms with E-state index in [1.165, 1.54) is 6.26 Å². The standard InChI is InChI=1S/C14H24N4O2S/c1-4-6-13-11-15-12(2)16-14(13)17-7-5-8-18(10-9-17)21(3,19)20/h11H,4-10H2,1-3H3. The monoisotopic (exact) mass is 312 g/mol. The molecule has 1 aliphatic rings. The summed E-state index contributed by atoms with van der Waals surface area (Å²) in [6, 6.07) is 0. The van der Waals surface area contributed by atoms with E-state index < -0.39 is 10.0 Å². The molecule has 2 heterocycles. The van der Waals surface area contributed by atoms with Gasteiger partial charge in [0.05, 0.1) is 6.26 Å². The van der Waals surface area contributed by atoms with Crippen LogP contribution in [-0.2, 0) is 16.4 Å². The average molecular weight is 312 g/mol. The lowest BCUT2D eigenvalue weighted by molar-refractivity contribution is 0.437. The third kappa shape index (κ3) is 4.14. The molecule has 1 aromatic rings. The van der Waals surface area contributed by atoms with E-state index in [2.05, 4.69) is 21.8 Å². The summed E-state index contributed by atoms with van der Waals surface area (Å²) in [5, 5.41) is 0. The van der Waals surface area contributed by atoms with Crippen LogP contribution in [0.1, 0.15) is 31.2 Å². The third-order valence-corrected chi connectivity index (χ3v) is 5.01. The lowest BCUT2D eigenvalue weighted by atomic mass is 10.1. The average Bonchev–Trinajstić information content (AvgIpc) is 2.66. The maximum absolute atomic E-state index is 11.7. The van der Waals surface area contributed by atoms with Gasteiger partial charge < -0.3 is 4.90 Å². The molecule has 21 heavy (non-hydrogen) atoms. The number of rotatable bonds is 4. The van der Waals surface area contributed by atoms with E-state index in [-0.39, 0.29) is 0 Å². The Morgan fingerprint density at radius 2 is 2.00 bits per heavy atom. The summed E-state index contributed by atoms with van der Waals surface area (Å²) in [7, 11) is -3.11. The fourth-order valence-corrected chi connectivity index (χ4v) is 3.51. The Bertz CT molecular complexity index is 589. The van der Waals surface area contributed by atoms with Crippen LogP contribution in [0.15, 0.2) is 6.20 Å². The maximum atomic E-state index is 11.7. The van der Waals surface area contributed by atoms with Crippen molar-refractivity contribution in [2.24, 2.45) is 0 Å². The lowest BCUT2D eigenvalue weighted by Gasteiger charge is -2.24. The number of nitrogens with zero attached hydrogens (tertiary/aromatic N) is 4. The molecule has 1 aromatic heterocycles. The molecule has 6 nitrogen and oxygen atoms in total. The normalized spacial score (nSPS) is 17.8. The molecule has 0 aliphatic carbocycles. The zero-order chi connectivity index (χ0) is 15.5. The topological polar surface area (TPSA) is 66.4 Å². The van der Waals surface area contributed by atoms with Crippen molar-refractivity contribution < 1.29 is 8.42 Å². The van der Waals surface area contributed by atoms with Gasteiger partial charge in [-0.25, -0.2) is 22.7 Å². The van der Waals surface area contributed by atoms with Crippen molar-refractivity contribution in [1.82, 2.24) is 14.3 Å². The van der Waals surface area contributed by atoms with Gasteiger partial charge in [0.2, 0.25) is 10.0 Å². The van der Waals surface area contributed by atoms with Crippen molar-refractivity contribution in [2.75, 3.05) is 37.3 Å². The molecule has 0 bridgehead atoms. The van der Waals surface area contributed by atoms with Gasteiger partial charge in [-0.05, 0) is 19.8 Å². The number of aryl methyl sites for hydroxylation is 2. The Hall–Kier alpha value is -1.21. The van der Waals surface area contributed by atoms with Crippen molar-refractivity contribution in [3.8, 4) is 0 Å². The quantitative estimate of drug-likeness (QED) is 0.836. The van der Waals surface area contributed by atoms with Crippen LogP contribution in [-0.4, -0.2) is 55.1 Å². The molecule has 0 unspecified atom stereocenters. The molecule has 118 valence electrons. The molecule has 2 rings (SSSR count). The second kappa shape index (κ2) is 6.70. The molecular weight excluding hydrogens is 288 g/mol. The predicted octanol–water partition coefficient (Wildman–Crippen LogP) is 1.21. The highest BCUT2D eigenvalue weighted by Gasteiger charge is 2.23. The first-order valence-electron chi connectivity index (χ1n) is 7.44. The SMILES string of the molecule is CCCc1cnc(C)nc1N1CCCN(S(C)(=O)=O)CC1. The molecule has 0 spiro atoms. The Kier molecular flexibility index (Phi) is 5.16. The molecule has 0 atom stereocenters. The van der Waals surface area contributed by atoms with E-state index in [0.29, 0.717) is 19.6 Å². The van der Waals surface area contributed by atoms with Gasteiger partial charge in [-0.2, -0.15) is 0 Å². The summed E-state index contributed by atoms with van der Waals surface area (Å²) in [5.74, 6) is 1.73. The predicted molar refractivity (Wildman–Crippen MR) is 84.0 cm³/mol. The summed E-state index contributed by atoms with van der Waals surface area (Å²) in [4.78, 5) is 11.1. The van der Waals surface area contributed by atoms with E-state index in [0.717, 1.165) is 43.0 Å². The largest absolute Gasteiger partial charge is 0.355 e. The Morgan fingerprint density at radius 3 is 2.67 bits per heavy atom. The van der Waals surface area contributed by atoms with Gasteiger partial charge in [-0.1, -0.05) is 13.3 Å². The Balaban J connectivity index is 2.21. The van der Waals surface area contributed by atoms with E-state index in [4.69, 9.17) is 0 Å². The van der Waals surface area contributed by atoms with Gasteiger partial charge in [0, 0.05) is 37.9 Å². The van der Waals surface area contributed by atoms with Crippen molar-refractivity contribution in [3.63, 3.8) is 0 Å². The molecule has 0 radical (unpaired) electrons. The van der Waals surface area contributed by atoms with Crippen LogP contribution >= 0.6 is 0 Å². The lowest BCUT2D eigenvalue weighted by Crippen LogP contribution is -2.35. The van der Waals surface area contributed by atoms with E-state index in [1.54, 1.807) is 4.31 Å². The molecule has 1 aliphatic heterocycles. The molecule has 0 amide bonds. The number of hydrogen-bond acceptors (Lipinski definition) is 5. The van der Waals surface area contributed by atoms with Gasteiger partial charge in [-0.15, -0.1) is 0 Å². The zero-order valence-corrected chi connectivity index (χ0v) is 13.9. The van der Waals surface area contributed by atoms with Crippen molar-refractivity contribution >= 4 is 15.8 Å². The summed E-state index contributed by atoms with van der Waals surface area (Å²) in [6.07, 6.45) is 5.99. The van der Waals surface area contributed by atoms with Gasteiger partial charge in [0.25, 0.3) is 0 Å². The third-order valence-electron chi connectivity index (χ3n) is 3.70. The van der Waals surface area contributed by atoms with Gasteiger partial charge >= 0.3 is 0 Å². The van der Waals surface area contributed by atoms with Crippen molar-refractivity contribution in [3.05, 3.63) is 17.6 Å². The fraction of sp³-hybridized carbons (Fsp3) is 0.714. The highest BCUT2D eigenvalue weighted by molar-refractivity contribution is 7.88. The minimum Gasteiger partial charge on any atom is -0.355 e. The van der Waals surface area contributed by atoms with Crippen LogP contribution in [0, 0.1) is 6.92 Å². The molecule has 0 aromatic carbocycles. The van der Waals surface area contributed by atoms with Crippen LogP contribution in [0.4, 0.5) is 5.82 Å². The van der Waals surface area contributed by atoms with Gasteiger partial charge in [-0.3, -0.25) is 0 Å². The zero-order valence-electron chi connectivity index (χ0n) is 13.0. The molecule has 1 fully saturated rings. The van der Waals surface area contributed by atoms with Crippen LogP contribution < -0.4 is 4.90 Å². The molecular formula is C14H24N4O2S. The molecule has 0 saturated carbocycles. The van der Waals surface area contributed by atoms with E-state index in [1.807, 2.05) is 13.1 Å². The number of sulfonamides is 1. The highest BCUT2D eigenvalue weighted by Crippen LogP contribution is 2.21. The summed E-state index contributed by atoms with van der Waals surface area (Å²) < 4.78 is 24.9. The molecule has 1 saturated heterocycles. The first kappa shape index (κ1) is 16.2. The van der Waals surface area contributed by atoms with Gasteiger partial charge in [0.15, 0.2) is 0 Å². The van der Waals surface area contributed by atoms with E-state index in [9.17, 15) is 8.42 Å². The molecule has 7 heteroatoms. The number of hydrogen-bond donors (Lipinski definition) is 0. The maximum Gasteiger partial charge on any atom is 0.211 e. The van der Waals surface area contributed by atoms with Crippen LogP contribution in [0.3, 0.4) is 0 Å². The minimum absolute atomic E-state index is 0.521. The smallest absolute Gasteiger partial charge is 0.211 e. The first-order chi connectivity index (χ1) is 9.91. The highest BCUT2D eigenvalue weighted by atomic mass is 32.2. The van der Waals surface area contributed by atoms with Crippen molar-refractivity contribution in [2.45, 2.75) is 33.1 Å². The molecule has 0 N–H and O–H groups in total. The Labute approximate surface area is 127 Å². The second-order valence-electron chi connectivity index (χ2n) is 5.52. The second-order valence-corrected chi connectivity index (χ2v) is 7.50. The van der Waals surface area contributed by atoms with E-state index >= 15 is 0 Å². The van der Waals surface area contributed by atoms with Crippen molar-refractivity contribution in [1.29, 1.82) is 0 Å². The summed E-state index contributed by atoms with van der Waals surface area (Å²) in [6.45, 7) is 6.65.